The van der Waals surface area contributed by atoms with Crippen molar-refractivity contribution in [3.8, 4) is 0 Å². The first kappa shape index (κ1) is 28.5. The van der Waals surface area contributed by atoms with Crippen LogP contribution in [0.25, 0.3) is 10.9 Å². The molecule has 1 aromatic heterocycles. The maximum absolute atomic E-state index is 13.7. The number of amides is 1. The highest BCUT2D eigenvalue weighted by Crippen LogP contribution is 2.32. The van der Waals surface area contributed by atoms with Crippen molar-refractivity contribution in [1.82, 2.24) is 14.8 Å². The number of carbonyl (C=O) groups is 1. The largest absolute Gasteiger partial charge is 0.383 e. The van der Waals surface area contributed by atoms with Crippen LogP contribution < -0.4 is 15.6 Å². The maximum atomic E-state index is 13.7. The van der Waals surface area contributed by atoms with E-state index in [1.54, 1.807) is 19.2 Å². The number of rotatable bonds is 9. The third kappa shape index (κ3) is 6.01. The molecule has 0 bridgehead atoms. The number of fused-ring (bicyclic) bond motifs is 1. The first-order chi connectivity index (χ1) is 19.7. The number of para-hydroxylation sites is 1. The fraction of sp³-hybridized carbons (Fsp3) is 0.286. The summed E-state index contributed by atoms with van der Waals surface area (Å²) in [5.74, 6) is -2.38. The Bertz CT molecular complexity index is 1670. The van der Waals surface area contributed by atoms with Crippen LogP contribution in [0.1, 0.15) is 10.4 Å². The van der Waals surface area contributed by atoms with E-state index >= 15 is 0 Å². The van der Waals surface area contributed by atoms with Gasteiger partial charge in [0.2, 0.25) is 9.84 Å². The summed E-state index contributed by atoms with van der Waals surface area (Å²) in [7, 11) is -0.513. The van der Waals surface area contributed by atoms with Crippen LogP contribution in [0.4, 0.5) is 20.2 Å². The third-order valence-electron chi connectivity index (χ3n) is 6.93. The Balaban J connectivity index is 1.44. The number of hydrogen-bond acceptors (Lipinski definition) is 8. The molecule has 1 fully saturated rings. The number of ether oxygens (including phenoxy) is 1. The van der Waals surface area contributed by atoms with Crippen LogP contribution in [0.2, 0.25) is 0 Å². The predicted molar refractivity (Wildman–Crippen MR) is 152 cm³/mol. The van der Waals surface area contributed by atoms with Gasteiger partial charge in [0.15, 0.2) is 0 Å². The van der Waals surface area contributed by atoms with Crippen LogP contribution >= 0.6 is 0 Å². The van der Waals surface area contributed by atoms with E-state index in [9.17, 15) is 22.0 Å². The molecule has 0 saturated carbocycles. The van der Waals surface area contributed by atoms with E-state index in [0.29, 0.717) is 35.7 Å². The summed E-state index contributed by atoms with van der Waals surface area (Å²) in [5, 5.41) is 8.01. The number of hydrogen-bond donors (Lipinski definition) is 2. The first-order valence-corrected chi connectivity index (χ1v) is 14.5. The molecule has 1 amide bonds. The average Bonchev–Trinajstić information content (AvgIpc) is 3.35. The van der Waals surface area contributed by atoms with Gasteiger partial charge in [-0.05, 0) is 49.5 Å². The zero-order valence-corrected chi connectivity index (χ0v) is 23.4. The Labute approximate surface area is 236 Å². The molecule has 1 aliphatic heterocycles. The molecule has 216 valence electrons. The summed E-state index contributed by atoms with van der Waals surface area (Å²) in [6.45, 7) is 4.27. The number of carbonyl (C=O) groups excluding carboxylic acids is 1. The van der Waals surface area contributed by atoms with Gasteiger partial charge in [0, 0.05) is 51.3 Å². The van der Waals surface area contributed by atoms with Gasteiger partial charge < -0.3 is 19.9 Å². The van der Waals surface area contributed by atoms with Crippen molar-refractivity contribution >= 4 is 38.0 Å². The first-order valence-electron chi connectivity index (χ1n) is 13.0. The second-order valence-corrected chi connectivity index (χ2v) is 11.7. The molecule has 41 heavy (non-hydrogen) atoms. The number of sulfone groups is 1. The summed E-state index contributed by atoms with van der Waals surface area (Å²) in [4.78, 5) is 18.6. The second-order valence-electron chi connectivity index (χ2n) is 9.74. The Morgan fingerprint density at radius 2 is 1.73 bits per heavy atom. The number of methoxy groups -OCH3 is 1. The SMILES string of the molecule is COCCNc1cccc(C(=O)Nn2ncc3cc(S(=O)(=O)c4cc(F)cc(F)c4)ccc32)c1N1CCN(C)CC1. The van der Waals surface area contributed by atoms with Gasteiger partial charge in [-0.15, -0.1) is 0 Å². The van der Waals surface area contributed by atoms with E-state index in [2.05, 4.69) is 32.7 Å². The maximum Gasteiger partial charge on any atom is 0.273 e. The van der Waals surface area contributed by atoms with E-state index < -0.39 is 32.3 Å². The van der Waals surface area contributed by atoms with E-state index in [1.165, 1.54) is 29.2 Å². The van der Waals surface area contributed by atoms with Crippen LogP contribution in [-0.4, -0.2) is 82.6 Å². The number of halogens is 2. The van der Waals surface area contributed by atoms with Crippen molar-refractivity contribution in [2.45, 2.75) is 9.79 Å². The minimum Gasteiger partial charge on any atom is -0.383 e. The predicted octanol–water partition coefficient (Wildman–Crippen LogP) is 3.34. The Morgan fingerprint density at radius 1 is 1.00 bits per heavy atom. The number of likely N-dealkylation sites (N-methyl/N-ethyl adjacent to an activating group) is 1. The quantitative estimate of drug-likeness (QED) is 0.289. The molecule has 0 atom stereocenters. The smallest absolute Gasteiger partial charge is 0.273 e. The van der Waals surface area contributed by atoms with Gasteiger partial charge in [0.25, 0.3) is 5.91 Å². The van der Waals surface area contributed by atoms with E-state index in [0.717, 1.165) is 49.7 Å². The van der Waals surface area contributed by atoms with E-state index in [-0.39, 0.29) is 4.90 Å². The van der Waals surface area contributed by atoms with Crippen molar-refractivity contribution in [2.24, 2.45) is 0 Å². The molecule has 5 rings (SSSR count). The van der Waals surface area contributed by atoms with Gasteiger partial charge in [0.05, 0.1) is 45.0 Å². The standard InChI is InChI=1S/C28H30F2N6O4S/c1-34-9-11-35(12-10-34)27-24(4-3-5-25(27)31-8-13-40-2)28(37)33-36-26-7-6-22(14-19(26)18-32-36)41(38,39)23-16-20(29)15-21(30)17-23/h3-7,14-18,31H,8-13H2,1-2H3,(H,33,37). The average molecular weight is 585 g/mol. The Hall–Kier alpha value is -4.07. The van der Waals surface area contributed by atoms with Gasteiger partial charge in [-0.1, -0.05) is 6.07 Å². The van der Waals surface area contributed by atoms with E-state index in [1.807, 2.05) is 6.07 Å². The van der Waals surface area contributed by atoms with Gasteiger partial charge in [-0.25, -0.2) is 22.6 Å². The molecular formula is C28H30F2N6O4S. The van der Waals surface area contributed by atoms with E-state index in [4.69, 9.17) is 4.74 Å². The minimum atomic E-state index is -4.20. The number of nitrogens with zero attached hydrogens (tertiary/aromatic N) is 4. The van der Waals surface area contributed by atoms with Crippen molar-refractivity contribution < 1.29 is 26.7 Å². The third-order valence-corrected chi connectivity index (χ3v) is 8.66. The number of piperazine rings is 1. The van der Waals surface area contributed by atoms with Gasteiger partial charge in [-0.2, -0.15) is 9.89 Å². The molecule has 3 aromatic carbocycles. The van der Waals surface area contributed by atoms with Crippen LogP contribution in [0.5, 0.6) is 0 Å². The lowest BCUT2D eigenvalue weighted by molar-refractivity contribution is 0.101. The minimum absolute atomic E-state index is 0.159. The summed E-state index contributed by atoms with van der Waals surface area (Å²) in [6.07, 6.45) is 1.41. The van der Waals surface area contributed by atoms with Crippen LogP contribution in [-0.2, 0) is 14.6 Å². The molecule has 4 aromatic rings. The van der Waals surface area contributed by atoms with Crippen molar-refractivity contribution in [2.75, 3.05) is 69.1 Å². The van der Waals surface area contributed by atoms with Gasteiger partial charge >= 0.3 is 0 Å². The molecule has 0 spiro atoms. The highest BCUT2D eigenvalue weighted by molar-refractivity contribution is 7.91. The molecule has 1 saturated heterocycles. The summed E-state index contributed by atoms with van der Waals surface area (Å²) in [6, 6.07) is 11.8. The lowest BCUT2D eigenvalue weighted by Gasteiger charge is -2.36. The van der Waals surface area contributed by atoms with Crippen LogP contribution in [0.3, 0.4) is 0 Å². The molecule has 1 aliphatic rings. The highest BCUT2D eigenvalue weighted by Gasteiger charge is 2.25. The van der Waals surface area contributed by atoms with Crippen LogP contribution in [0.15, 0.2) is 70.6 Å². The molecular weight excluding hydrogens is 554 g/mol. The molecule has 13 heteroatoms. The molecule has 2 N–H and O–H groups in total. The van der Waals surface area contributed by atoms with Crippen molar-refractivity contribution in [3.05, 3.63) is 78.0 Å². The number of anilines is 2. The lowest BCUT2D eigenvalue weighted by atomic mass is 10.1. The molecule has 10 nitrogen and oxygen atoms in total. The van der Waals surface area contributed by atoms with Crippen LogP contribution in [0, 0.1) is 11.6 Å². The summed E-state index contributed by atoms with van der Waals surface area (Å²) in [5.41, 5.74) is 5.28. The molecule has 0 radical (unpaired) electrons. The normalized spacial score (nSPS) is 14.4. The number of benzene rings is 3. The van der Waals surface area contributed by atoms with Crippen molar-refractivity contribution in [3.63, 3.8) is 0 Å². The lowest BCUT2D eigenvalue weighted by Crippen LogP contribution is -2.45. The summed E-state index contributed by atoms with van der Waals surface area (Å²) >= 11 is 0. The fourth-order valence-corrected chi connectivity index (χ4v) is 6.11. The zero-order valence-electron chi connectivity index (χ0n) is 22.6. The van der Waals surface area contributed by atoms with Gasteiger partial charge in [0.1, 0.15) is 11.6 Å². The Kier molecular flexibility index (Phi) is 8.20. The highest BCUT2D eigenvalue weighted by atomic mass is 32.2. The van der Waals surface area contributed by atoms with Gasteiger partial charge in [-0.3, -0.25) is 4.79 Å². The number of aromatic nitrogens is 2. The fourth-order valence-electron chi connectivity index (χ4n) is 4.77. The topological polar surface area (TPSA) is 109 Å². The molecule has 0 aliphatic carbocycles. The second kappa shape index (κ2) is 11.8. The summed E-state index contributed by atoms with van der Waals surface area (Å²) < 4.78 is 58.6. The van der Waals surface area contributed by atoms with Crippen molar-refractivity contribution in [1.29, 1.82) is 0 Å². The molecule has 2 heterocycles. The zero-order chi connectivity index (χ0) is 29.1. The monoisotopic (exact) mass is 584 g/mol. The number of nitrogens with one attached hydrogen (secondary N) is 2. The Morgan fingerprint density at radius 3 is 2.44 bits per heavy atom. The molecule has 0 unspecified atom stereocenters.